The number of hydrogen-bond donors (Lipinski definition) is 1. The van der Waals surface area contributed by atoms with Gasteiger partial charge in [0.2, 0.25) is 0 Å². The highest BCUT2D eigenvalue weighted by atomic mass is 16.5. The van der Waals surface area contributed by atoms with E-state index in [9.17, 15) is 4.79 Å². The van der Waals surface area contributed by atoms with Gasteiger partial charge in [0, 0.05) is 26.4 Å². The zero-order valence-electron chi connectivity index (χ0n) is 12.5. The van der Waals surface area contributed by atoms with Crippen LogP contribution in [0.25, 0.3) is 0 Å². The lowest BCUT2D eigenvalue weighted by atomic mass is 10.1. The lowest BCUT2D eigenvalue weighted by Gasteiger charge is -2.12. The number of nitrogens with zero attached hydrogens (tertiary/aromatic N) is 2. The smallest absolute Gasteiger partial charge is 0.272 e. The van der Waals surface area contributed by atoms with Crippen LogP contribution >= 0.6 is 0 Å². The highest BCUT2D eigenvalue weighted by molar-refractivity contribution is 5.92. The Balaban J connectivity index is 2.24. The highest BCUT2D eigenvalue weighted by Gasteiger charge is 2.11. The summed E-state index contributed by atoms with van der Waals surface area (Å²) in [4.78, 5) is 17.4. The molecule has 0 radical (unpaired) electrons. The summed E-state index contributed by atoms with van der Waals surface area (Å²) in [5.41, 5.74) is 8.04. The fraction of sp³-hybridized carbons (Fsp3) is 0.250. The molecule has 0 saturated carbocycles. The van der Waals surface area contributed by atoms with E-state index in [1.807, 2.05) is 18.2 Å². The molecule has 2 rings (SSSR count). The second-order valence-electron chi connectivity index (χ2n) is 4.90. The number of carbonyl (C=O) groups excluding carboxylic acids is 1. The molecule has 21 heavy (non-hydrogen) atoms. The molecule has 0 unspecified atom stereocenters. The monoisotopic (exact) mass is 285 g/mol. The largest absolute Gasteiger partial charge is 0.455 e. The van der Waals surface area contributed by atoms with Gasteiger partial charge in [-0.05, 0) is 30.2 Å². The van der Waals surface area contributed by atoms with Crippen LogP contribution < -0.4 is 10.5 Å². The van der Waals surface area contributed by atoms with Crippen LogP contribution in [0, 0.1) is 0 Å². The number of nitrogens with two attached hydrogens (primary N) is 1. The van der Waals surface area contributed by atoms with Crippen molar-refractivity contribution in [2.24, 2.45) is 0 Å². The zero-order valence-corrected chi connectivity index (χ0v) is 12.5. The molecule has 2 aromatic rings. The number of carbonyl (C=O) groups is 1. The molecule has 2 N–H and O–H groups in total. The molecule has 1 aromatic carbocycles. The summed E-state index contributed by atoms with van der Waals surface area (Å²) < 4.78 is 5.74. The molecule has 0 aliphatic heterocycles. The molecule has 110 valence electrons. The first-order valence-electron chi connectivity index (χ1n) is 6.75. The molecule has 1 amide bonds. The van der Waals surface area contributed by atoms with Crippen LogP contribution in [0.4, 0.5) is 5.69 Å². The summed E-state index contributed by atoms with van der Waals surface area (Å²) >= 11 is 0. The summed E-state index contributed by atoms with van der Waals surface area (Å²) in [5.74, 6) is 0.933. The Kier molecular flexibility index (Phi) is 4.42. The van der Waals surface area contributed by atoms with E-state index in [4.69, 9.17) is 10.5 Å². The van der Waals surface area contributed by atoms with Crippen LogP contribution in [0.5, 0.6) is 11.5 Å². The second kappa shape index (κ2) is 6.26. The first kappa shape index (κ1) is 14.8. The average molecular weight is 285 g/mol. The Bertz CT molecular complexity index is 654. The highest BCUT2D eigenvalue weighted by Crippen LogP contribution is 2.28. The number of amides is 1. The predicted molar refractivity (Wildman–Crippen MR) is 82.6 cm³/mol. The van der Waals surface area contributed by atoms with Gasteiger partial charge in [0.25, 0.3) is 5.91 Å². The number of hydrogen-bond acceptors (Lipinski definition) is 4. The van der Waals surface area contributed by atoms with E-state index in [0.717, 1.165) is 12.0 Å². The number of anilines is 1. The quantitative estimate of drug-likeness (QED) is 0.877. The van der Waals surface area contributed by atoms with Gasteiger partial charge < -0.3 is 15.4 Å². The van der Waals surface area contributed by atoms with Gasteiger partial charge in [-0.2, -0.15) is 0 Å². The molecule has 1 aromatic heterocycles. The Hall–Kier alpha value is -2.56. The molecular weight excluding hydrogens is 266 g/mol. The number of aromatic nitrogens is 1. The van der Waals surface area contributed by atoms with Gasteiger partial charge in [0.15, 0.2) is 0 Å². The van der Waals surface area contributed by atoms with Gasteiger partial charge in [0.05, 0.1) is 5.69 Å². The molecule has 0 bridgehead atoms. The molecule has 5 nitrogen and oxygen atoms in total. The van der Waals surface area contributed by atoms with Crippen LogP contribution in [0.2, 0.25) is 0 Å². The van der Waals surface area contributed by atoms with Crippen LogP contribution in [0.3, 0.4) is 0 Å². The van der Waals surface area contributed by atoms with Crippen LogP contribution in [0.1, 0.15) is 23.0 Å². The Morgan fingerprint density at radius 3 is 2.67 bits per heavy atom. The van der Waals surface area contributed by atoms with E-state index in [1.54, 1.807) is 32.4 Å². The number of aryl methyl sites for hydroxylation is 1. The average Bonchev–Trinajstić information content (AvgIpc) is 2.48. The molecular formula is C16H19N3O2. The SMILES string of the molecule is CCc1ccc(Oc2ccnc(C(=O)N(C)C)c2)c(N)c1. The summed E-state index contributed by atoms with van der Waals surface area (Å²) in [7, 11) is 3.36. The summed E-state index contributed by atoms with van der Waals surface area (Å²) in [6, 6.07) is 9.00. The standard InChI is InChI=1S/C16H19N3O2/c1-4-11-5-6-15(13(17)9-11)21-12-7-8-18-14(10-12)16(20)19(2)3/h5-10H,4,17H2,1-3H3. The van der Waals surface area contributed by atoms with Crippen molar-refractivity contribution in [2.75, 3.05) is 19.8 Å². The maximum Gasteiger partial charge on any atom is 0.272 e. The minimum atomic E-state index is -0.172. The Morgan fingerprint density at radius 1 is 1.29 bits per heavy atom. The molecule has 0 aliphatic carbocycles. The minimum absolute atomic E-state index is 0.172. The number of benzene rings is 1. The van der Waals surface area contributed by atoms with Crippen molar-refractivity contribution in [1.82, 2.24) is 9.88 Å². The van der Waals surface area contributed by atoms with Gasteiger partial charge in [-0.1, -0.05) is 13.0 Å². The van der Waals surface area contributed by atoms with Gasteiger partial charge in [-0.25, -0.2) is 0 Å². The van der Waals surface area contributed by atoms with Crippen molar-refractivity contribution in [3.05, 3.63) is 47.8 Å². The Labute approximate surface area is 124 Å². The third-order valence-electron chi connectivity index (χ3n) is 3.07. The molecule has 0 fully saturated rings. The first-order valence-corrected chi connectivity index (χ1v) is 6.75. The normalized spacial score (nSPS) is 10.2. The van der Waals surface area contributed by atoms with E-state index in [2.05, 4.69) is 11.9 Å². The van der Waals surface area contributed by atoms with Crippen molar-refractivity contribution in [1.29, 1.82) is 0 Å². The maximum absolute atomic E-state index is 11.9. The lowest BCUT2D eigenvalue weighted by molar-refractivity contribution is 0.0821. The summed E-state index contributed by atoms with van der Waals surface area (Å²) in [6.07, 6.45) is 2.46. The molecule has 0 saturated heterocycles. The van der Waals surface area contributed by atoms with Crippen LogP contribution in [-0.2, 0) is 6.42 Å². The third kappa shape index (κ3) is 3.51. The molecule has 0 spiro atoms. The maximum atomic E-state index is 11.9. The van der Waals surface area contributed by atoms with Crippen LogP contribution in [0.15, 0.2) is 36.5 Å². The number of nitrogen functional groups attached to an aromatic ring is 1. The fourth-order valence-corrected chi connectivity index (χ4v) is 1.86. The summed E-state index contributed by atoms with van der Waals surface area (Å²) in [5, 5.41) is 0. The van der Waals surface area contributed by atoms with Gasteiger partial charge >= 0.3 is 0 Å². The number of pyridine rings is 1. The van der Waals surface area contributed by atoms with E-state index < -0.39 is 0 Å². The van der Waals surface area contributed by atoms with Gasteiger partial charge in [-0.3, -0.25) is 9.78 Å². The van der Waals surface area contributed by atoms with E-state index in [1.165, 1.54) is 4.90 Å². The van der Waals surface area contributed by atoms with Crippen molar-refractivity contribution < 1.29 is 9.53 Å². The van der Waals surface area contributed by atoms with Gasteiger partial charge in [-0.15, -0.1) is 0 Å². The molecule has 1 heterocycles. The predicted octanol–water partition coefficient (Wildman–Crippen LogP) is 2.72. The van der Waals surface area contributed by atoms with Crippen molar-refractivity contribution in [3.63, 3.8) is 0 Å². The van der Waals surface area contributed by atoms with Crippen LogP contribution in [-0.4, -0.2) is 29.9 Å². The molecule has 0 aliphatic rings. The van der Waals surface area contributed by atoms with Gasteiger partial charge in [0.1, 0.15) is 17.2 Å². The van der Waals surface area contributed by atoms with E-state index in [-0.39, 0.29) is 5.91 Å². The van der Waals surface area contributed by atoms with E-state index >= 15 is 0 Å². The van der Waals surface area contributed by atoms with Crippen molar-refractivity contribution >= 4 is 11.6 Å². The Morgan fingerprint density at radius 2 is 2.05 bits per heavy atom. The second-order valence-corrected chi connectivity index (χ2v) is 4.90. The molecule has 0 atom stereocenters. The third-order valence-corrected chi connectivity index (χ3v) is 3.07. The van der Waals surface area contributed by atoms with Crippen molar-refractivity contribution in [3.8, 4) is 11.5 Å². The molecule has 5 heteroatoms. The summed E-state index contributed by atoms with van der Waals surface area (Å²) in [6.45, 7) is 2.07. The minimum Gasteiger partial charge on any atom is -0.455 e. The zero-order chi connectivity index (χ0) is 15.4. The topological polar surface area (TPSA) is 68.5 Å². The lowest BCUT2D eigenvalue weighted by Crippen LogP contribution is -2.22. The van der Waals surface area contributed by atoms with E-state index in [0.29, 0.717) is 22.9 Å². The number of ether oxygens (including phenoxy) is 1. The fourth-order valence-electron chi connectivity index (χ4n) is 1.86. The number of rotatable bonds is 4. The first-order chi connectivity index (χ1) is 10.0. The van der Waals surface area contributed by atoms with Crippen molar-refractivity contribution in [2.45, 2.75) is 13.3 Å².